The number of benzene rings is 3. The zero-order valence-corrected chi connectivity index (χ0v) is 18.0. The van der Waals surface area contributed by atoms with E-state index in [4.69, 9.17) is 4.74 Å². The minimum atomic E-state index is -0.900. The molecule has 0 atom stereocenters. The Kier molecular flexibility index (Phi) is 7.29. The molecule has 0 saturated heterocycles. The Hall–Kier alpha value is -3.78. The van der Waals surface area contributed by atoms with Crippen LogP contribution in [0.1, 0.15) is 21.5 Å². The summed E-state index contributed by atoms with van der Waals surface area (Å²) < 4.78 is 6.18. The molecule has 7 nitrogen and oxygen atoms in total. The van der Waals surface area contributed by atoms with Crippen molar-refractivity contribution in [1.82, 2.24) is 5.43 Å². The highest BCUT2D eigenvalue weighted by Gasteiger charge is 2.12. The molecule has 31 heavy (non-hydrogen) atoms. The molecular formula is C23H18BrN3O4. The fourth-order valence-corrected chi connectivity index (χ4v) is 2.68. The number of esters is 1. The van der Waals surface area contributed by atoms with E-state index in [1.807, 2.05) is 19.1 Å². The number of hydrogen-bond donors (Lipinski definition) is 2. The lowest BCUT2D eigenvalue weighted by Crippen LogP contribution is -2.32. The Balaban J connectivity index is 1.50. The quantitative estimate of drug-likeness (QED) is 0.189. The van der Waals surface area contributed by atoms with E-state index in [1.165, 1.54) is 6.21 Å². The smallest absolute Gasteiger partial charge is 0.343 e. The van der Waals surface area contributed by atoms with Crippen LogP contribution in [-0.2, 0) is 9.59 Å². The molecule has 0 aromatic heterocycles. The fraction of sp³-hybridized carbons (Fsp3) is 0.0435. The van der Waals surface area contributed by atoms with Gasteiger partial charge in [-0.3, -0.25) is 9.59 Å². The fourth-order valence-electron chi connectivity index (χ4n) is 2.41. The summed E-state index contributed by atoms with van der Waals surface area (Å²) >= 11 is 3.29. The van der Waals surface area contributed by atoms with Crippen molar-refractivity contribution in [3.8, 4) is 5.75 Å². The summed E-state index contributed by atoms with van der Waals surface area (Å²) in [6.45, 7) is 1.94. The summed E-state index contributed by atoms with van der Waals surface area (Å²) in [6.07, 6.45) is 1.37. The van der Waals surface area contributed by atoms with Crippen molar-refractivity contribution < 1.29 is 19.1 Å². The molecule has 0 saturated carbocycles. The first-order chi connectivity index (χ1) is 14.9. The topological polar surface area (TPSA) is 96.9 Å². The number of anilines is 1. The number of carbonyl (C=O) groups excluding carboxylic acids is 3. The molecule has 3 aromatic carbocycles. The number of rotatable bonds is 5. The molecule has 0 unspecified atom stereocenters. The van der Waals surface area contributed by atoms with Gasteiger partial charge in [-0.05, 0) is 73.2 Å². The third kappa shape index (κ3) is 6.61. The zero-order valence-electron chi connectivity index (χ0n) is 16.5. The van der Waals surface area contributed by atoms with Crippen LogP contribution in [0.2, 0.25) is 0 Å². The number of ether oxygens (including phenoxy) is 1. The minimum Gasteiger partial charge on any atom is -0.423 e. The van der Waals surface area contributed by atoms with E-state index in [9.17, 15) is 14.4 Å². The number of amides is 2. The Bertz CT molecular complexity index is 1110. The van der Waals surface area contributed by atoms with Gasteiger partial charge >= 0.3 is 17.8 Å². The Labute approximate surface area is 187 Å². The van der Waals surface area contributed by atoms with Crippen molar-refractivity contribution in [2.24, 2.45) is 5.10 Å². The number of carbonyl (C=O) groups is 3. The van der Waals surface area contributed by atoms with Crippen molar-refractivity contribution in [2.45, 2.75) is 6.92 Å². The van der Waals surface area contributed by atoms with Crippen LogP contribution in [0.4, 0.5) is 5.69 Å². The molecule has 0 aliphatic rings. The van der Waals surface area contributed by atoms with E-state index in [1.54, 1.807) is 60.7 Å². The molecule has 3 rings (SSSR count). The van der Waals surface area contributed by atoms with Crippen LogP contribution < -0.4 is 15.5 Å². The number of halogens is 1. The number of hydrogen-bond acceptors (Lipinski definition) is 5. The van der Waals surface area contributed by atoms with Crippen LogP contribution in [0.25, 0.3) is 0 Å². The number of hydrazone groups is 1. The first kappa shape index (κ1) is 21.9. The molecule has 0 radical (unpaired) electrons. The highest BCUT2D eigenvalue weighted by atomic mass is 79.9. The van der Waals surface area contributed by atoms with Gasteiger partial charge in [-0.15, -0.1) is 0 Å². The lowest BCUT2D eigenvalue weighted by atomic mass is 10.1. The van der Waals surface area contributed by atoms with Gasteiger partial charge in [0.1, 0.15) is 5.75 Å². The maximum absolute atomic E-state index is 12.1. The van der Waals surface area contributed by atoms with Gasteiger partial charge in [-0.25, -0.2) is 10.2 Å². The van der Waals surface area contributed by atoms with Gasteiger partial charge in [-0.1, -0.05) is 33.6 Å². The van der Waals surface area contributed by atoms with Crippen molar-refractivity contribution in [2.75, 3.05) is 5.32 Å². The van der Waals surface area contributed by atoms with E-state index in [0.717, 1.165) is 10.0 Å². The second-order valence-corrected chi connectivity index (χ2v) is 7.40. The predicted molar refractivity (Wildman–Crippen MR) is 121 cm³/mol. The Morgan fingerprint density at radius 1 is 0.871 bits per heavy atom. The van der Waals surface area contributed by atoms with Gasteiger partial charge in [0.25, 0.3) is 0 Å². The van der Waals surface area contributed by atoms with E-state index < -0.39 is 17.8 Å². The number of aryl methyl sites for hydroxylation is 1. The standard InChI is InChI=1S/C23H18BrN3O4/c1-15-2-6-17(7-3-15)23(30)31-20-12-4-16(5-13-20)14-25-27-22(29)21(28)26-19-10-8-18(24)9-11-19/h2-14H,1H3,(H,26,28)(H,27,29)/b25-14+. The average molecular weight is 480 g/mol. The normalized spacial score (nSPS) is 10.5. The van der Waals surface area contributed by atoms with Crippen LogP contribution in [0.5, 0.6) is 5.75 Å². The lowest BCUT2D eigenvalue weighted by molar-refractivity contribution is -0.136. The van der Waals surface area contributed by atoms with Crippen LogP contribution in [0.3, 0.4) is 0 Å². The van der Waals surface area contributed by atoms with Crippen LogP contribution in [-0.4, -0.2) is 24.0 Å². The van der Waals surface area contributed by atoms with Crippen LogP contribution in [0.15, 0.2) is 82.4 Å². The second-order valence-electron chi connectivity index (χ2n) is 6.48. The van der Waals surface area contributed by atoms with Crippen molar-refractivity contribution in [3.63, 3.8) is 0 Å². The van der Waals surface area contributed by atoms with Gasteiger partial charge in [-0.2, -0.15) is 5.10 Å². The molecule has 8 heteroatoms. The molecule has 0 fully saturated rings. The zero-order chi connectivity index (χ0) is 22.2. The summed E-state index contributed by atoms with van der Waals surface area (Å²) in [5.41, 5.74) is 4.80. The Morgan fingerprint density at radius 3 is 2.16 bits per heavy atom. The van der Waals surface area contributed by atoms with Crippen molar-refractivity contribution in [1.29, 1.82) is 0 Å². The Morgan fingerprint density at radius 2 is 1.52 bits per heavy atom. The monoisotopic (exact) mass is 479 g/mol. The van der Waals surface area contributed by atoms with Gasteiger partial charge in [0.2, 0.25) is 0 Å². The summed E-state index contributed by atoms with van der Waals surface area (Å²) in [4.78, 5) is 35.8. The molecule has 2 N–H and O–H groups in total. The lowest BCUT2D eigenvalue weighted by Gasteiger charge is -2.05. The summed E-state index contributed by atoms with van der Waals surface area (Å²) in [7, 11) is 0. The first-order valence-electron chi connectivity index (χ1n) is 9.19. The average Bonchev–Trinajstić information content (AvgIpc) is 2.77. The van der Waals surface area contributed by atoms with Gasteiger partial charge in [0, 0.05) is 10.2 Å². The van der Waals surface area contributed by atoms with Crippen molar-refractivity contribution >= 4 is 45.6 Å². The molecule has 0 bridgehead atoms. The summed E-state index contributed by atoms with van der Waals surface area (Å²) in [5, 5.41) is 6.23. The molecule has 156 valence electrons. The van der Waals surface area contributed by atoms with Gasteiger partial charge in [0.15, 0.2) is 0 Å². The van der Waals surface area contributed by atoms with Gasteiger partial charge in [0.05, 0.1) is 11.8 Å². The van der Waals surface area contributed by atoms with Crippen LogP contribution >= 0.6 is 15.9 Å². The molecule has 0 spiro atoms. The maximum Gasteiger partial charge on any atom is 0.343 e. The SMILES string of the molecule is Cc1ccc(C(=O)Oc2ccc(/C=N/NC(=O)C(=O)Nc3ccc(Br)cc3)cc2)cc1. The second kappa shape index (κ2) is 10.3. The third-order valence-corrected chi connectivity index (χ3v) is 4.59. The first-order valence-corrected chi connectivity index (χ1v) is 9.99. The largest absolute Gasteiger partial charge is 0.423 e. The maximum atomic E-state index is 12.1. The number of nitrogens with zero attached hydrogens (tertiary/aromatic N) is 1. The van der Waals surface area contributed by atoms with Gasteiger partial charge < -0.3 is 10.1 Å². The summed E-state index contributed by atoms with van der Waals surface area (Å²) in [6, 6.07) is 20.4. The van der Waals surface area contributed by atoms with Crippen molar-refractivity contribution in [3.05, 3.63) is 94.0 Å². The van der Waals surface area contributed by atoms with Crippen LogP contribution in [0, 0.1) is 6.92 Å². The highest BCUT2D eigenvalue weighted by molar-refractivity contribution is 9.10. The molecule has 0 heterocycles. The highest BCUT2D eigenvalue weighted by Crippen LogP contribution is 2.15. The van der Waals surface area contributed by atoms with E-state index in [0.29, 0.717) is 22.6 Å². The van der Waals surface area contributed by atoms with E-state index >= 15 is 0 Å². The minimum absolute atomic E-state index is 0.376. The molecule has 0 aliphatic carbocycles. The van der Waals surface area contributed by atoms with E-state index in [-0.39, 0.29) is 0 Å². The summed E-state index contributed by atoms with van der Waals surface area (Å²) in [5.74, 6) is -1.81. The molecular weight excluding hydrogens is 462 g/mol. The predicted octanol–water partition coefficient (Wildman–Crippen LogP) is 4.07. The van der Waals surface area contributed by atoms with E-state index in [2.05, 4.69) is 31.8 Å². The molecule has 3 aromatic rings. The number of nitrogens with one attached hydrogen (secondary N) is 2. The molecule has 0 aliphatic heterocycles. The molecule has 2 amide bonds. The third-order valence-electron chi connectivity index (χ3n) is 4.07.